The molecule has 0 fully saturated rings. The fourth-order valence-electron chi connectivity index (χ4n) is 5.17. The molecule has 5 aromatic rings. The van der Waals surface area contributed by atoms with Crippen LogP contribution in [0.5, 0.6) is 0 Å². The van der Waals surface area contributed by atoms with E-state index in [1.165, 1.54) is 5.39 Å². The van der Waals surface area contributed by atoms with Crippen LogP contribution in [-0.4, -0.2) is 20.4 Å². The van der Waals surface area contributed by atoms with Crippen LogP contribution in [0, 0.1) is 0 Å². The van der Waals surface area contributed by atoms with Gasteiger partial charge >= 0.3 is 0 Å². The number of hydrogen-bond donors (Lipinski definition) is 0. The Morgan fingerprint density at radius 2 is 1.49 bits per heavy atom. The van der Waals surface area contributed by atoms with E-state index in [1.54, 1.807) is 17.6 Å². The van der Waals surface area contributed by atoms with E-state index in [1.807, 2.05) is 65.6 Å². The fourth-order valence-corrected chi connectivity index (χ4v) is 5.17. The van der Waals surface area contributed by atoms with Crippen LogP contribution >= 0.6 is 0 Å². The van der Waals surface area contributed by atoms with Crippen molar-refractivity contribution in [1.82, 2.24) is 14.5 Å². The number of para-hydroxylation sites is 1. The molecule has 5 nitrogen and oxygen atoms in total. The lowest BCUT2D eigenvalue weighted by molar-refractivity contribution is -0.140. The lowest BCUT2D eigenvalue weighted by Crippen LogP contribution is -2.49. The first-order valence-corrected chi connectivity index (χ1v) is 11.9. The first kappa shape index (κ1) is 21.3. The van der Waals surface area contributed by atoms with Gasteiger partial charge in [0.1, 0.15) is 11.9 Å². The number of hydrogen-bond acceptors (Lipinski definition) is 3. The van der Waals surface area contributed by atoms with Gasteiger partial charge < -0.3 is 4.90 Å². The largest absolute Gasteiger partial charge is 0.326 e. The number of rotatable bonds is 4. The van der Waals surface area contributed by atoms with Crippen molar-refractivity contribution >= 4 is 27.6 Å². The Labute approximate surface area is 203 Å². The summed E-state index contributed by atoms with van der Waals surface area (Å²) >= 11 is 0. The van der Waals surface area contributed by atoms with E-state index in [9.17, 15) is 9.59 Å². The molecule has 0 aliphatic carbocycles. The van der Waals surface area contributed by atoms with E-state index in [-0.39, 0.29) is 17.5 Å². The second-order valence-corrected chi connectivity index (χ2v) is 9.19. The highest BCUT2D eigenvalue weighted by Gasteiger charge is 2.39. The molecule has 1 aliphatic heterocycles. The molecule has 0 N–H and O–H groups in total. The van der Waals surface area contributed by atoms with Gasteiger partial charge in [-0.25, -0.2) is 4.98 Å². The van der Waals surface area contributed by atoms with Gasteiger partial charge in [-0.3, -0.25) is 14.2 Å². The summed E-state index contributed by atoms with van der Waals surface area (Å²) in [5.74, 6) is 0.580. The van der Waals surface area contributed by atoms with E-state index in [2.05, 4.69) is 30.3 Å². The standard InChI is InChI=1S/C30H25N3O2/c1-20-29(34)32(19-21-9-3-2-4-10-21)27(18-22-15-16-23-11-5-6-12-24(23)17-22)28-31-26-14-8-7-13-25(26)30(35)33(20)28/h2-17,20,27H,18-19H2,1H3/t20-,27+/m0/s1. The van der Waals surface area contributed by atoms with E-state index in [4.69, 9.17) is 4.98 Å². The fraction of sp³-hybridized carbons (Fsp3) is 0.167. The number of aromatic nitrogens is 2. The SMILES string of the molecule is C[C@H]1C(=O)N(Cc2ccccc2)[C@H](Cc2ccc3ccccc3c2)c2nc3ccccc3c(=O)n21. The molecule has 2 atom stereocenters. The van der Waals surface area contributed by atoms with Gasteiger partial charge in [0.05, 0.1) is 16.9 Å². The molecule has 1 aliphatic rings. The Kier molecular flexibility index (Phi) is 5.18. The first-order chi connectivity index (χ1) is 17.1. The van der Waals surface area contributed by atoms with E-state index in [0.717, 1.165) is 16.5 Å². The zero-order chi connectivity index (χ0) is 23.9. The first-order valence-electron chi connectivity index (χ1n) is 11.9. The summed E-state index contributed by atoms with van der Waals surface area (Å²) < 4.78 is 1.61. The minimum absolute atomic E-state index is 0.0636. The van der Waals surface area contributed by atoms with Crippen molar-refractivity contribution in [2.75, 3.05) is 0 Å². The Balaban J connectivity index is 1.52. The normalized spacial score (nSPS) is 17.6. The number of fused-ring (bicyclic) bond motifs is 3. The molecule has 0 radical (unpaired) electrons. The van der Waals surface area contributed by atoms with Crippen LogP contribution < -0.4 is 5.56 Å². The number of amides is 1. The Bertz CT molecular complexity index is 1620. The van der Waals surface area contributed by atoms with Crippen molar-refractivity contribution in [1.29, 1.82) is 0 Å². The van der Waals surface area contributed by atoms with Gasteiger partial charge in [0.2, 0.25) is 5.91 Å². The number of carbonyl (C=O) groups is 1. The third-order valence-corrected chi connectivity index (χ3v) is 6.98. The van der Waals surface area contributed by atoms with Gasteiger partial charge in [0, 0.05) is 13.0 Å². The topological polar surface area (TPSA) is 55.2 Å². The van der Waals surface area contributed by atoms with Gasteiger partial charge in [0.15, 0.2) is 0 Å². The molecule has 35 heavy (non-hydrogen) atoms. The minimum atomic E-state index is -0.619. The maximum absolute atomic E-state index is 13.7. The number of benzene rings is 4. The van der Waals surface area contributed by atoms with Crippen LogP contribution in [0.15, 0.2) is 102 Å². The zero-order valence-electron chi connectivity index (χ0n) is 19.5. The molecule has 172 valence electrons. The van der Waals surface area contributed by atoms with E-state index >= 15 is 0 Å². The quantitative estimate of drug-likeness (QED) is 0.360. The van der Waals surface area contributed by atoms with Crippen molar-refractivity contribution in [2.45, 2.75) is 32.0 Å². The summed E-state index contributed by atoms with van der Waals surface area (Å²) in [4.78, 5) is 34.1. The molecule has 1 amide bonds. The van der Waals surface area contributed by atoms with Crippen LogP contribution in [0.25, 0.3) is 21.7 Å². The monoisotopic (exact) mass is 459 g/mol. The summed E-state index contributed by atoms with van der Waals surface area (Å²) in [6, 6.07) is 31.0. The summed E-state index contributed by atoms with van der Waals surface area (Å²) in [5.41, 5.74) is 2.65. The minimum Gasteiger partial charge on any atom is -0.326 e. The number of nitrogens with zero attached hydrogens (tertiary/aromatic N) is 3. The Morgan fingerprint density at radius 1 is 0.771 bits per heavy atom. The third-order valence-electron chi connectivity index (χ3n) is 6.98. The summed E-state index contributed by atoms with van der Waals surface area (Å²) in [7, 11) is 0. The lowest BCUT2D eigenvalue weighted by Gasteiger charge is -2.40. The van der Waals surface area contributed by atoms with Crippen LogP contribution in [0.2, 0.25) is 0 Å². The Morgan fingerprint density at radius 3 is 2.31 bits per heavy atom. The van der Waals surface area contributed by atoms with Crippen molar-refractivity contribution in [3.05, 3.63) is 124 Å². The predicted octanol–water partition coefficient (Wildman–Crippen LogP) is 5.44. The smallest absolute Gasteiger partial charge is 0.262 e. The number of carbonyl (C=O) groups excluding carboxylic acids is 1. The van der Waals surface area contributed by atoms with E-state index < -0.39 is 6.04 Å². The third kappa shape index (κ3) is 3.69. The summed E-state index contributed by atoms with van der Waals surface area (Å²) in [6.07, 6.45) is 0.570. The molecule has 0 unspecified atom stereocenters. The van der Waals surface area contributed by atoms with Crippen molar-refractivity contribution in [3.8, 4) is 0 Å². The average molecular weight is 460 g/mol. The molecule has 5 heteroatoms. The van der Waals surface area contributed by atoms with Crippen LogP contribution in [0.4, 0.5) is 0 Å². The molecular weight excluding hydrogens is 434 g/mol. The van der Waals surface area contributed by atoms with Gasteiger partial charge in [-0.2, -0.15) is 0 Å². The van der Waals surface area contributed by atoms with Crippen LogP contribution in [-0.2, 0) is 17.8 Å². The van der Waals surface area contributed by atoms with E-state index in [0.29, 0.717) is 29.7 Å². The second kappa shape index (κ2) is 8.51. The maximum Gasteiger partial charge on any atom is 0.262 e. The summed E-state index contributed by atoms with van der Waals surface area (Å²) in [5, 5.41) is 2.86. The van der Waals surface area contributed by atoms with Crippen molar-refractivity contribution in [3.63, 3.8) is 0 Å². The molecule has 0 saturated heterocycles. The maximum atomic E-state index is 13.7. The highest BCUT2D eigenvalue weighted by atomic mass is 16.2. The molecule has 2 heterocycles. The van der Waals surface area contributed by atoms with Crippen molar-refractivity contribution < 1.29 is 4.79 Å². The zero-order valence-corrected chi connectivity index (χ0v) is 19.5. The van der Waals surface area contributed by atoms with Crippen molar-refractivity contribution in [2.24, 2.45) is 0 Å². The van der Waals surface area contributed by atoms with Gasteiger partial charge in [-0.1, -0.05) is 84.9 Å². The molecule has 1 aromatic heterocycles. The van der Waals surface area contributed by atoms with Crippen LogP contribution in [0.3, 0.4) is 0 Å². The highest BCUT2D eigenvalue weighted by molar-refractivity contribution is 5.85. The Hall–Kier alpha value is -4.25. The summed E-state index contributed by atoms with van der Waals surface area (Å²) in [6.45, 7) is 2.26. The molecule has 0 bridgehead atoms. The van der Waals surface area contributed by atoms with Gasteiger partial charge in [-0.05, 0) is 41.0 Å². The predicted molar refractivity (Wildman–Crippen MR) is 138 cm³/mol. The van der Waals surface area contributed by atoms with Crippen LogP contribution in [0.1, 0.15) is 36.0 Å². The lowest BCUT2D eigenvalue weighted by atomic mass is 9.96. The molecule has 4 aromatic carbocycles. The second-order valence-electron chi connectivity index (χ2n) is 9.19. The molecule has 6 rings (SSSR count). The van der Waals surface area contributed by atoms with Gasteiger partial charge in [-0.15, -0.1) is 0 Å². The highest BCUT2D eigenvalue weighted by Crippen LogP contribution is 2.34. The molecular formula is C30H25N3O2. The molecule has 0 spiro atoms. The average Bonchev–Trinajstić information content (AvgIpc) is 2.89. The molecule has 0 saturated carbocycles. The van der Waals surface area contributed by atoms with Gasteiger partial charge in [0.25, 0.3) is 5.56 Å².